The summed E-state index contributed by atoms with van der Waals surface area (Å²) in [5, 5.41) is 3.30. The number of ether oxygens (including phenoxy) is 1. The van der Waals surface area contributed by atoms with Crippen LogP contribution in [0.4, 0.5) is 5.82 Å². The van der Waals surface area contributed by atoms with Crippen LogP contribution < -0.4 is 10.1 Å². The van der Waals surface area contributed by atoms with E-state index in [1.807, 2.05) is 0 Å². The van der Waals surface area contributed by atoms with E-state index in [2.05, 4.69) is 36.1 Å². The Kier molecular flexibility index (Phi) is 5.00. The molecule has 106 valence electrons. The minimum atomic E-state index is 0.329. The molecule has 0 saturated heterocycles. The molecule has 0 aliphatic heterocycles. The van der Waals surface area contributed by atoms with Gasteiger partial charge in [0.05, 0.1) is 5.56 Å². The molecule has 0 unspecified atom stereocenters. The van der Waals surface area contributed by atoms with Crippen molar-refractivity contribution in [2.45, 2.75) is 64.9 Å². The molecule has 2 rings (SSSR count). The summed E-state index contributed by atoms with van der Waals surface area (Å²) in [5.41, 5.74) is 1.11. The lowest BCUT2D eigenvalue weighted by atomic mass is 9.97. The average molecular weight is 263 g/mol. The van der Waals surface area contributed by atoms with Crippen molar-refractivity contribution in [1.82, 2.24) is 9.97 Å². The van der Waals surface area contributed by atoms with E-state index >= 15 is 0 Å². The normalized spacial score (nSPS) is 16.6. The van der Waals surface area contributed by atoms with Crippen LogP contribution in [0.5, 0.6) is 5.88 Å². The first-order chi connectivity index (χ1) is 9.22. The highest BCUT2D eigenvalue weighted by Crippen LogP contribution is 2.32. The SMILES string of the molecule is CCNc1ncnc(OC2CCCCC2)c1C(C)C. The third kappa shape index (κ3) is 3.58. The van der Waals surface area contributed by atoms with E-state index in [9.17, 15) is 0 Å². The molecule has 1 fully saturated rings. The van der Waals surface area contributed by atoms with Crippen molar-refractivity contribution in [3.05, 3.63) is 11.9 Å². The van der Waals surface area contributed by atoms with Crippen LogP contribution >= 0.6 is 0 Å². The number of rotatable bonds is 5. The maximum absolute atomic E-state index is 6.14. The molecular formula is C15H25N3O. The maximum atomic E-state index is 6.14. The Morgan fingerprint density at radius 2 is 2.00 bits per heavy atom. The van der Waals surface area contributed by atoms with Gasteiger partial charge in [-0.1, -0.05) is 20.3 Å². The second kappa shape index (κ2) is 6.73. The standard InChI is InChI=1S/C15H25N3O/c1-4-16-14-13(11(2)3)15(18-10-17-14)19-12-8-6-5-7-9-12/h10-12H,4-9H2,1-3H3,(H,16,17,18). The van der Waals surface area contributed by atoms with E-state index in [0.717, 1.165) is 36.6 Å². The number of nitrogens with one attached hydrogen (secondary N) is 1. The summed E-state index contributed by atoms with van der Waals surface area (Å²) in [5.74, 6) is 2.04. The van der Waals surface area contributed by atoms with Crippen molar-refractivity contribution in [1.29, 1.82) is 0 Å². The van der Waals surface area contributed by atoms with Gasteiger partial charge in [-0.3, -0.25) is 0 Å². The van der Waals surface area contributed by atoms with E-state index in [4.69, 9.17) is 4.74 Å². The van der Waals surface area contributed by atoms with Gasteiger partial charge in [0.2, 0.25) is 5.88 Å². The monoisotopic (exact) mass is 263 g/mol. The molecule has 1 aromatic heterocycles. The first kappa shape index (κ1) is 14.1. The van der Waals surface area contributed by atoms with E-state index in [1.54, 1.807) is 6.33 Å². The summed E-state index contributed by atoms with van der Waals surface area (Å²) >= 11 is 0. The van der Waals surface area contributed by atoms with Crippen molar-refractivity contribution < 1.29 is 4.74 Å². The van der Waals surface area contributed by atoms with Crippen LogP contribution in [0, 0.1) is 0 Å². The van der Waals surface area contributed by atoms with Crippen LogP contribution in [-0.2, 0) is 0 Å². The number of anilines is 1. The Balaban J connectivity index is 2.20. The average Bonchev–Trinajstić information content (AvgIpc) is 2.40. The second-order valence-electron chi connectivity index (χ2n) is 5.50. The van der Waals surface area contributed by atoms with Crippen LogP contribution in [0.3, 0.4) is 0 Å². The van der Waals surface area contributed by atoms with Crippen LogP contribution in [0.25, 0.3) is 0 Å². The highest BCUT2D eigenvalue weighted by atomic mass is 16.5. The van der Waals surface area contributed by atoms with Crippen LogP contribution in [0.2, 0.25) is 0 Å². The molecule has 1 aromatic rings. The van der Waals surface area contributed by atoms with E-state index in [1.165, 1.54) is 19.3 Å². The maximum Gasteiger partial charge on any atom is 0.222 e. The van der Waals surface area contributed by atoms with Crippen LogP contribution in [0.15, 0.2) is 6.33 Å². The number of aromatic nitrogens is 2. The lowest BCUT2D eigenvalue weighted by Gasteiger charge is -2.25. The number of hydrogen-bond acceptors (Lipinski definition) is 4. The van der Waals surface area contributed by atoms with Gasteiger partial charge in [0.15, 0.2) is 0 Å². The molecule has 0 amide bonds. The van der Waals surface area contributed by atoms with Gasteiger partial charge in [-0.2, -0.15) is 0 Å². The Morgan fingerprint density at radius 3 is 2.63 bits per heavy atom. The van der Waals surface area contributed by atoms with E-state index in [0.29, 0.717) is 12.0 Å². The molecule has 0 bridgehead atoms. The third-order valence-electron chi connectivity index (χ3n) is 3.60. The molecule has 0 spiro atoms. The van der Waals surface area contributed by atoms with E-state index in [-0.39, 0.29) is 0 Å². The van der Waals surface area contributed by atoms with Crippen molar-refractivity contribution >= 4 is 5.82 Å². The molecular weight excluding hydrogens is 238 g/mol. The summed E-state index contributed by atoms with van der Waals surface area (Å²) in [4.78, 5) is 8.70. The Morgan fingerprint density at radius 1 is 1.26 bits per heavy atom. The fourth-order valence-electron chi connectivity index (χ4n) is 2.64. The minimum Gasteiger partial charge on any atom is -0.474 e. The zero-order valence-corrected chi connectivity index (χ0v) is 12.3. The number of hydrogen-bond donors (Lipinski definition) is 1. The number of nitrogens with zero attached hydrogens (tertiary/aromatic N) is 2. The highest BCUT2D eigenvalue weighted by Gasteiger charge is 2.21. The summed E-state index contributed by atoms with van der Waals surface area (Å²) in [6, 6.07) is 0. The quantitative estimate of drug-likeness (QED) is 0.879. The topological polar surface area (TPSA) is 47.0 Å². The largest absolute Gasteiger partial charge is 0.474 e. The molecule has 0 radical (unpaired) electrons. The lowest BCUT2D eigenvalue weighted by Crippen LogP contribution is -2.21. The first-order valence-corrected chi connectivity index (χ1v) is 7.47. The predicted octanol–water partition coefficient (Wildman–Crippen LogP) is 3.74. The molecule has 1 N–H and O–H groups in total. The van der Waals surface area contributed by atoms with Gasteiger partial charge in [-0.25, -0.2) is 9.97 Å². The zero-order chi connectivity index (χ0) is 13.7. The molecule has 1 heterocycles. The van der Waals surface area contributed by atoms with Gasteiger partial charge in [0.25, 0.3) is 0 Å². The molecule has 0 atom stereocenters. The molecule has 4 heteroatoms. The fourth-order valence-corrected chi connectivity index (χ4v) is 2.64. The molecule has 19 heavy (non-hydrogen) atoms. The van der Waals surface area contributed by atoms with Gasteiger partial charge in [0.1, 0.15) is 18.2 Å². The third-order valence-corrected chi connectivity index (χ3v) is 3.60. The van der Waals surface area contributed by atoms with Gasteiger partial charge in [-0.15, -0.1) is 0 Å². The Labute approximate surface area is 116 Å². The predicted molar refractivity (Wildman–Crippen MR) is 77.8 cm³/mol. The Hall–Kier alpha value is -1.32. The van der Waals surface area contributed by atoms with Gasteiger partial charge in [-0.05, 0) is 38.5 Å². The van der Waals surface area contributed by atoms with Gasteiger partial charge in [0, 0.05) is 6.54 Å². The van der Waals surface area contributed by atoms with Crippen molar-refractivity contribution in [3.63, 3.8) is 0 Å². The zero-order valence-electron chi connectivity index (χ0n) is 12.3. The minimum absolute atomic E-state index is 0.329. The molecule has 1 aliphatic carbocycles. The smallest absolute Gasteiger partial charge is 0.222 e. The first-order valence-electron chi connectivity index (χ1n) is 7.47. The van der Waals surface area contributed by atoms with Gasteiger partial charge < -0.3 is 10.1 Å². The second-order valence-corrected chi connectivity index (χ2v) is 5.50. The van der Waals surface area contributed by atoms with Gasteiger partial charge >= 0.3 is 0 Å². The van der Waals surface area contributed by atoms with Crippen LogP contribution in [0.1, 0.15) is 64.4 Å². The van der Waals surface area contributed by atoms with E-state index < -0.39 is 0 Å². The Bertz CT molecular complexity index is 400. The molecule has 4 nitrogen and oxygen atoms in total. The molecule has 1 aliphatic rings. The van der Waals surface area contributed by atoms with Crippen molar-refractivity contribution in [2.24, 2.45) is 0 Å². The van der Waals surface area contributed by atoms with Crippen molar-refractivity contribution in [2.75, 3.05) is 11.9 Å². The summed E-state index contributed by atoms with van der Waals surface area (Å²) < 4.78 is 6.14. The molecule has 0 aromatic carbocycles. The highest BCUT2D eigenvalue weighted by molar-refractivity contribution is 5.50. The summed E-state index contributed by atoms with van der Waals surface area (Å²) in [6.07, 6.45) is 8.11. The summed E-state index contributed by atoms with van der Waals surface area (Å²) in [6.45, 7) is 7.26. The summed E-state index contributed by atoms with van der Waals surface area (Å²) in [7, 11) is 0. The van der Waals surface area contributed by atoms with Crippen molar-refractivity contribution in [3.8, 4) is 5.88 Å². The molecule has 1 saturated carbocycles. The lowest BCUT2D eigenvalue weighted by molar-refractivity contribution is 0.146. The van der Waals surface area contributed by atoms with Crippen LogP contribution in [-0.4, -0.2) is 22.6 Å². The fraction of sp³-hybridized carbons (Fsp3) is 0.733.